The third-order valence-electron chi connectivity index (χ3n) is 2.78. The minimum atomic E-state index is -1.05. The number of aromatic carboxylic acids is 1. The van der Waals surface area contributed by atoms with Crippen LogP contribution >= 0.6 is 0 Å². The van der Waals surface area contributed by atoms with Crippen molar-refractivity contribution >= 4 is 11.8 Å². The normalized spacial score (nSPS) is 20.3. The number of hydrogen-bond acceptors (Lipinski definition) is 5. The van der Waals surface area contributed by atoms with Crippen LogP contribution in [0.1, 0.15) is 23.8 Å². The van der Waals surface area contributed by atoms with Crippen LogP contribution in [-0.2, 0) is 4.74 Å². The molecule has 1 unspecified atom stereocenters. The van der Waals surface area contributed by atoms with E-state index in [9.17, 15) is 4.79 Å². The quantitative estimate of drug-likeness (QED) is 0.837. The first-order chi connectivity index (χ1) is 8.22. The second-order valence-electron chi connectivity index (χ2n) is 3.88. The second kappa shape index (κ2) is 5.09. The Balaban J connectivity index is 2.24. The van der Waals surface area contributed by atoms with Crippen molar-refractivity contribution in [2.24, 2.45) is 0 Å². The molecule has 17 heavy (non-hydrogen) atoms. The highest BCUT2D eigenvalue weighted by Crippen LogP contribution is 2.19. The Morgan fingerprint density at radius 1 is 1.59 bits per heavy atom. The maximum absolute atomic E-state index is 11.1. The van der Waals surface area contributed by atoms with Crippen LogP contribution in [0.3, 0.4) is 0 Å². The molecule has 2 heterocycles. The number of aromatic nitrogens is 2. The highest BCUT2D eigenvalue weighted by Gasteiger charge is 2.24. The van der Waals surface area contributed by atoms with Gasteiger partial charge in [0, 0.05) is 25.5 Å². The van der Waals surface area contributed by atoms with Crippen molar-refractivity contribution in [1.29, 1.82) is 0 Å². The Morgan fingerprint density at radius 3 is 3.06 bits per heavy atom. The molecule has 1 aliphatic rings. The number of carbonyl (C=O) groups is 1. The van der Waals surface area contributed by atoms with Crippen LogP contribution < -0.4 is 4.90 Å². The summed E-state index contributed by atoms with van der Waals surface area (Å²) in [6.07, 6.45) is 3.94. The first-order valence-corrected chi connectivity index (χ1v) is 5.63. The Labute approximate surface area is 99.2 Å². The Morgan fingerprint density at radius 2 is 2.35 bits per heavy atom. The SMILES string of the molecule is CCC1CN(c2nccnc2C(=O)O)CCO1. The molecule has 0 aliphatic carbocycles. The summed E-state index contributed by atoms with van der Waals surface area (Å²) >= 11 is 0. The van der Waals surface area contributed by atoms with Crippen LogP contribution in [0, 0.1) is 0 Å². The molecule has 0 aromatic carbocycles. The summed E-state index contributed by atoms with van der Waals surface area (Å²) in [6, 6.07) is 0. The third kappa shape index (κ3) is 2.52. The van der Waals surface area contributed by atoms with Crippen LogP contribution in [0.25, 0.3) is 0 Å². The van der Waals surface area contributed by atoms with Gasteiger partial charge in [0.15, 0.2) is 11.5 Å². The summed E-state index contributed by atoms with van der Waals surface area (Å²) in [4.78, 5) is 21.0. The topological polar surface area (TPSA) is 75.6 Å². The van der Waals surface area contributed by atoms with Crippen LogP contribution in [-0.4, -0.2) is 46.8 Å². The highest BCUT2D eigenvalue weighted by atomic mass is 16.5. The molecule has 1 saturated heterocycles. The fraction of sp³-hybridized carbons (Fsp3) is 0.545. The van der Waals surface area contributed by atoms with Crippen molar-refractivity contribution < 1.29 is 14.6 Å². The summed E-state index contributed by atoms with van der Waals surface area (Å²) in [7, 11) is 0. The molecule has 1 atom stereocenters. The monoisotopic (exact) mass is 237 g/mol. The van der Waals surface area contributed by atoms with Gasteiger partial charge in [-0.1, -0.05) is 6.92 Å². The maximum Gasteiger partial charge on any atom is 0.358 e. The van der Waals surface area contributed by atoms with Crippen molar-refractivity contribution in [2.75, 3.05) is 24.6 Å². The van der Waals surface area contributed by atoms with Gasteiger partial charge in [0.25, 0.3) is 0 Å². The maximum atomic E-state index is 11.1. The van der Waals surface area contributed by atoms with Gasteiger partial charge in [-0.05, 0) is 6.42 Å². The van der Waals surface area contributed by atoms with Gasteiger partial charge < -0.3 is 14.7 Å². The average molecular weight is 237 g/mol. The molecular formula is C11H15N3O3. The van der Waals surface area contributed by atoms with E-state index in [0.29, 0.717) is 25.5 Å². The largest absolute Gasteiger partial charge is 0.476 e. The van der Waals surface area contributed by atoms with Gasteiger partial charge >= 0.3 is 5.97 Å². The average Bonchev–Trinajstić information content (AvgIpc) is 2.39. The van der Waals surface area contributed by atoms with Crippen LogP contribution in [0.4, 0.5) is 5.82 Å². The molecule has 92 valence electrons. The molecule has 2 rings (SSSR count). The zero-order chi connectivity index (χ0) is 12.3. The van der Waals surface area contributed by atoms with E-state index in [-0.39, 0.29) is 11.8 Å². The molecule has 1 N–H and O–H groups in total. The van der Waals surface area contributed by atoms with Crippen molar-refractivity contribution in [1.82, 2.24) is 9.97 Å². The van der Waals surface area contributed by atoms with E-state index in [4.69, 9.17) is 9.84 Å². The fourth-order valence-corrected chi connectivity index (χ4v) is 1.87. The Hall–Kier alpha value is -1.69. The number of nitrogens with zero attached hydrogens (tertiary/aromatic N) is 3. The van der Waals surface area contributed by atoms with Crippen molar-refractivity contribution in [3.8, 4) is 0 Å². The fourth-order valence-electron chi connectivity index (χ4n) is 1.87. The lowest BCUT2D eigenvalue weighted by atomic mass is 10.2. The molecule has 6 nitrogen and oxygen atoms in total. The summed E-state index contributed by atoms with van der Waals surface area (Å²) in [5, 5.41) is 9.06. The lowest BCUT2D eigenvalue weighted by Gasteiger charge is -2.33. The second-order valence-corrected chi connectivity index (χ2v) is 3.88. The highest BCUT2D eigenvalue weighted by molar-refractivity contribution is 5.90. The van der Waals surface area contributed by atoms with E-state index in [2.05, 4.69) is 9.97 Å². The smallest absolute Gasteiger partial charge is 0.358 e. The van der Waals surface area contributed by atoms with Gasteiger partial charge in [-0.25, -0.2) is 14.8 Å². The molecule has 0 amide bonds. The van der Waals surface area contributed by atoms with E-state index in [1.165, 1.54) is 12.4 Å². The molecule has 0 spiro atoms. The number of morpholine rings is 1. The summed E-state index contributed by atoms with van der Waals surface area (Å²) < 4.78 is 5.54. The number of ether oxygens (including phenoxy) is 1. The predicted octanol–water partition coefficient (Wildman–Crippen LogP) is 0.790. The molecule has 1 aromatic heterocycles. The van der Waals surface area contributed by atoms with Crippen LogP contribution in [0.5, 0.6) is 0 Å². The number of carboxylic acids is 1. The molecule has 0 saturated carbocycles. The van der Waals surface area contributed by atoms with Crippen LogP contribution in [0.2, 0.25) is 0 Å². The van der Waals surface area contributed by atoms with Gasteiger partial charge in [0.05, 0.1) is 12.7 Å². The molecule has 0 bridgehead atoms. The molecule has 1 aromatic rings. The van der Waals surface area contributed by atoms with Gasteiger partial charge in [-0.15, -0.1) is 0 Å². The first-order valence-electron chi connectivity index (χ1n) is 5.63. The minimum Gasteiger partial charge on any atom is -0.476 e. The minimum absolute atomic E-state index is 0.00394. The van der Waals surface area contributed by atoms with Crippen molar-refractivity contribution in [3.05, 3.63) is 18.1 Å². The van der Waals surface area contributed by atoms with Crippen molar-refractivity contribution in [2.45, 2.75) is 19.4 Å². The molecule has 0 radical (unpaired) electrons. The molecular weight excluding hydrogens is 222 g/mol. The van der Waals surface area contributed by atoms with E-state index in [1.807, 2.05) is 11.8 Å². The van der Waals surface area contributed by atoms with E-state index in [1.54, 1.807) is 0 Å². The number of hydrogen-bond donors (Lipinski definition) is 1. The molecule has 6 heteroatoms. The number of rotatable bonds is 3. The van der Waals surface area contributed by atoms with Crippen LogP contribution in [0.15, 0.2) is 12.4 Å². The predicted molar refractivity (Wildman–Crippen MR) is 61.2 cm³/mol. The van der Waals surface area contributed by atoms with Gasteiger partial charge in [-0.3, -0.25) is 0 Å². The zero-order valence-electron chi connectivity index (χ0n) is 9.67. The van der Waals surface area contributed by atoms with Gasteiger partial charge in [-0.2, -0.15) is 0 Å². The molecule has 1 fully saturated rings. The van der Waals surface area contributed by atoms with Crippen molar-refractivity contribution in [3.63, 3.8) is 0 Å². The van der Waals surface area contributed by atoms with E-state index in [0.717, 1.165) is 6.42 Å². The Bertz CT molecular complexity index is 411. The first kappa shape index (κ1) is 11.8. The Kier molecular flexibility index (Phi) is 3.53. The lowest BCUT2D eigenvalue weighted by molar-refractivity contribution is 0.0379. The third-order valence-corrected chi connectivity index (χ3v) is 2.78. The van der Waals surface area contributed by atoms with E-state index < -0.39 is 5.97 Å². The lowest BCUT2D eigenvalue weighted by Crippen LogP contribution is -2.43. The molecule has 1 aliphatic heterocycles. The summed E-state index contributed by atoms with van der Waals surface area (Å²) in [5.41, 5.74) is 0.00394. The van der Waals surface area contributed by atoms with Gasteiger partial charge in [0.1, 0.15) is 0 Å². The summed E-state index contributed by atoms with van der Waals surface area (Å²) in [5.74, 6) is -0.616. The zero-order valence-corrected chi connectivity index (χ0v) is 9.67. The van der Waals surface area contributed by atoms with Gasteiger partial charge in [0.2, 0.25) is 0 Å². The number of anilines is 1. The summed E-state index contributed by atoms with van der Waals surface area (Å²) in [6.45, 7) is 3.95. The van der Waals surface area contributed by atoms with E-state index >= 15 is 0 Å². The standard InChI is InChI=1S/C11H15N3O3/c1-2-8-7-14(5-6-17-8)10-9(11(15)16)12-3-4-13-10/h3-4,8H,2,5-7H2,1H3,(H,15,16). The number of carboxylic acid groups (broad SMARTS) is 1.